The van der Waals surface area contributed by atoms with E-state index in [1.807, 2.05) is 50.2 Å². The maximum atomic E-state index is 12.9. The van der Waals surface area contributed by atoms with Crippen molar-refractivity contribution in [2.24, 2.45) is 5.41 Å². The molecule has 1 aromatic rings. The smallest absolute Gasteiger partial charge is 0.309 e. The maximum Gasteiger partial charge on any atom is 0.309 e. The Morgan fingerprint density at radius 1 is 1.17 bits per heavy atom. The second-order valence-corrected chi connectivity index (χ2v) is 6.97. The van der Waals surface area contributed by atoms with Gasteiger partial charge in [0.1, 0.15) is 6.04 Å². The van der Waals surface area contributed by atoms with E-state index >= 15 is 0 Å². The quantitative estimate of drug-likeness (QED) is 0.925. The molecular formula is C18H26N2O3. The lowest BCUT2D eigenvalue weighted by molar-refractivity contribution is -0.154. The predicted molar refractivity (Wildman–Crippen MR) is 89.2 cm³/mol. The molecule has 1 aromatic carbocycles. The number of likely N-dealkylation sites (tertiary alicyclic amines) is 1. The van der Waals surface area contributed by atoms with Gasteiger partial charge >= 0.3 is 5.97 Å². The van der Waals surface area contributed by atoms with Gasteiger partial charge in [-0.25, -0.2) is 0 Å². The fourth-order valence-electron chi connectivity index (χ4n) is 3.02. The van der Waals surface area contributed by atoms with Gasteiger partial charge in [0, 0.05) is 13.1 Å². The Labute approximate surface area is 137 Å². The van der Waals surface area contributed by atoms with E-state index in [-0.39, 0.29) is 11.9 Å². The minimum absolute atomic E-state index is 0.0475. The van der Waals surface area contributed by atoms with Crippen LogP contribution in [0.5, 0.6) is 0 Å². The van der Waals surface area contributed by atoms with Gasteiger partial charge in [0.05, 0.1) is 5.41 Å². The standard InChI is InChI=1S/C18H26N2O3/c1-13-5-7-14(8-6-13)15(19(3)4)16(21)20-11-9-18(2,10-12-20)17(22)23/h5-8,15H,9-12H2,1-4H3,(H,22,23)/t15-/m1/s1. The largest absolute Gasteiger partial charge is 0.481 e. The van der Waals surface area contributed by atoms with Gasteiger partial charge < -0.3 is 10.0 Å². The second kappa shape index (κ2) is 6.71. The average molecular weight is 318 g/mol. The molecule has 1 heterocycles. The Morgan fingerprint density at radius 2 is 1.70 bits per heavy atom. The highest BCUT2D eigenvalue weighted by molar-refractivity contribution is 5.84. The minimum Gasteiger partial charge on any atom is -0.481 e. The number of carbonyl (C=O) groups excluding carboxylic acids is 1. The number of aliphatic carboxylic acids is 1. The lowest BCUT2D eigenvalue weighted by Crippen LogP contribution is -2.48. The molecule has 1 saturated heterocycles. The second-order valence-electron chi connectivity index (χ2n) is 6.97. The van der Waals surface area contributed by atoms with Gasteiger partial charge in [-0.3, -0.25) is 14.5 Å². The lowest BCUT2D eigenvalue weighted by atomic mass is 9.80. The number of hydrogen-bond acceptors (Lipinski definition) is 3. The topological polar surface area (TPSA) is 60.9 Å². The fraction of sp³-hybridized carbons (Fsp3) is 0.556. The number of hydrogen-bond donors (Lipinski definition) is 1. The number of rotatable bonds is 4. The molecule has 1 amide bonds. The number of amides is 1. The molecule has 0 bridgehead atoms. The third-order valence-corrected chi connectivity index (χ3v) is 4.84. The maximum absolute atomic E-state index is 12.9. The number of likely N-dealkylation sites (N-methyl/N-ethyl adjacent to an activating group) is 1. The molecule has 0 aliphatic carbocycles. The molecule has 0 unspecified atom stereocenters. The molecular weight excluding hydrogens is 292 g/mol. The summed E-state index contributed by atoms with van der Waals surface area (Å²) in [6.07, 6.45) is 1.00. The van der Waals surface area contributed by atoms with E-state index in [0.717, 1.165) is 11.1 Å². The summed E-state index contributed by atoms with van der Waals surface area (Å²) in [5.74, 6) is -0.724. The zero-order chi connectivity index (χ0) is 17.2. The average Bonchev–Trinajstić information content (AvgIpc) is 2.49. The van der Waals surface area contributed by atoms with Gasteiger partial charge in [-0.1, -0.05) is 29.8 Å². The molecule has 2 rings (SSSR count). The van der Waals surface area contributed by atoms with Crippen LogP contribution < -0.4 is 0 Å². The fourth-order valence-corrected chi connectivity index (χ4v) is 3.02. The third kappa shape index (κ3) is 3.72. The van der Waals surface area contributed by atoms with E-state index in [4.69, 9.17) is 0 Å². The van der Waals surface area contributed by atoms with Gasteiger partial charge in [-0.15, -0.1) is 0 Å². The van der Waals surface area contributed by atoms with Crippen molar-refractivity contribution in [3.63, 3.8) is 0 Å². The highest BCUT2D eigenvalue weighted by Gasteiger charge is 2.39. The van der Waals surface area contributed by atoms with Crippen LogP contribution in [0.25, 0.3) is 0 Å². The van der Waals surface area contributed by atoms with Gasteiger partial charge in [0.25, 0.3) is 0 Å². The molecule has 126 valence electrons. The van der Waals surface area contributed by atoms with E-state index < -0.39 is 11.4 Å². The molecule has 0 radical (unpaired) electrons. The van der Waals surface area contributed by atoms with E-state index in [1.165, 1.54) is 0 Å². The molecule has 23 heavy (non-hydrogen) atoms. The molecule has 5 nitrogen and oxygen atoms in total. The summed E-state index contributed by atoms with van der Waals surface area (Å²) in [6.45, 7) is 4.78. The molecule has 1 N–H and O–H groups in total. The van der Waals surface area contributed by atoms with Crippen molar-refractivity contribution in [1.29, 1.82) is 0 Å². The summed E-state index contributed by atoms with van der Waals surface area (Å²) in [5, 5.41) is 9.31. The summed E-state index contributed by atoms with van der Waals surface area (Å²) in [7, 11) is 3.79. The summed E-state index contributed by atoms with van der Waals surface area (Å²) >= 11 is 0. The number of carboxylic acids is 1. The lowest BCUT2D eigenvalue weighted by Gasteiger charge is -2.39. The Kier molecular flexibility index (Phi) is 5.09. The minimum atomic E-state index is -0.771. The van der Waals surface area contributed by atoms with Crippen LogP contribution in [0.15, 0.2) is 24.3 Å². The first-order valence-corrected chi connectivity index (χ1v) is 8.00. The monoisotopic (exact) mass is 318 g/mol. The number of benzene rings is 1. The van der Waals surface area contributed by atoms with Crippen LogP contribution in [-0.4, -0.2) is 54.0 Å². The molecule has 1 fully saturated rings. The SMILES string of the molecule is Cc1ccc([C@H](C(=O)N2CCC(C)(C(=O)O)CC2)N(C)C)cc1. The Morgan fingerprint density at radius 3 is 2.13 bits per heavy atom. The Hall–Kier alpha value is -1.88. The van der Waals surface area contributed by atoms with E-state index in [9.17, 15) is 14.7 Å². The van der Waals surface area contributed by atoms with Crippen molar-refractivity contribution in [3.8, 4) is 0 Å². The summed E-state index contributed by atoms with van der Waals surface area (Å²) in [5.41, 5.74) is 1.42. The van der Waals surface area contributed by atoms with Crippen molar-refractivity contribution >= 4 is 11.9 Å². The first kappa shape index (κ1) is 17.5. The van der Waals surface area contributed by atoms with Crippen LogP contribution >= 0.6 is 0 Å². The summed E-state index contributed by atoms with van der Waals surface area (Å²) < 4.78 is 0. The number of piperidine rings is 1. The zero-order valence-electron chi connectivity index (χ0n) is 14.4. The summed E-state index contributed by atoms with van der Waals surface area (Å²) in [6, 6.07) is 7.67. The van der Waals surface area contributed by atoms with Crippen LogP contribution in [0.3, 0.4) is 0 Å². The van der Waals surface area contributed by atoms with Gasteiger partial charge in [0.2, 0.25) is 5.91 Å². The Bertz CT molecular complexity index is 572. The number of carbonyl (C=O) groups is 2. The van der Waals surface area contributed by atoms with Crippen molar-refractivity contribution in [2.45, 2.75) is 32.7 Å². The van der Waals surface area contributed by atoms with Crippen LogP contribution in [0.2, 0.25) is 0 Å². The zero-order valence-corrected chi connectivity index (χ0v) is 14.4. The van der Waals surface area contributed by atoms with E-state index in [1.54, 1.807) is 11.8 Å². The third-order valence-electron chi connectivity index (χ3n) is 4.84. The Balaban J connectivity index is 2.14. The van der Waals surface area contributed by atoms with Crippen molar-refractivity contribution in [1.82, 2.24) is 9.80 Å². The van der Waals surface area contributed by atoms with Crippen molar-refractivity contribution < 1.29 is 14.7 Å². The number of carboxylic acid groups (broad SMARTS) is 1. The number of aryl methyl sites for hydroxylation is 1. The first-order valence-electron chi connectivity index (χ1n) is 8.00. The van der Waals surface area contributed by atoms with Crippen LogP contribution in [-0.2, 0) is 9.59 Å². The molecule has 0 spiro atoms. The molecule has 1 atom stereocenters. The van der Waals surface area contributed by atoms with E-state index in [2.05, 4.69) is 0 Å². The normalized spacial score (nSPS) is 18.7. The highest BCUT2D eigenvalue weighted by Crippen LogP contribution is 2.32. The number of nitrogens with zero attached hydrogens (tertiary/aromatic N) is 2. The molecule has 1 aliphatic heterocycles. The predicted octanol–water partition coefficient (Wildman–Crippen LogP) is 2.31. The first-order chi connectivity index (χ1) is 10.7. The van der Waals surface area contributed by atoms with Crippen molar-refractivity contribution in [3.05, 3.63) is 35.4 Å². The molecule has 1 aliphatic rings. The summed E-state index contributed by atoms with van der Waals surface area (Å²) in [4.78, 5) is 28.0. The van der Waals surface area contributed by atoms with Crippen LogP contribution in [0, 0.1) is 12.3 Å². The van der Waals surface area contributed by atoms with E-state index in [0.29, 0.717) is 25.9 Å². The highest BCUT2D eigenvalue weighted by atomic mass is 16.4. The van der Waals surface area contributed by atoms with Gasteiger partial charge in [-0.05, 0) is 46.3 Å². The molecule has 0 aromatic heterocycles. The van der Waals surface area contributed by atoms with Gasteiger partial charge in [-0.2, -0.15) is 0 Å². The van der Waals surface area contributed by atoms with Crippen LogP contribution in [0.4, 0.5) is 0 Å². The van der Waals surface area contributed by atoms with Crippen LogP contribution in [0.1, 0.15) is 36.9 Å². The molecule has 0 saturated carbocycles. The van der Waals surface area contributed by atoms with Crippen molar-refractivity contribution in [2.75, 3.05) is 27.2 Å². The van der Waals surface area contributed by atoms with Gasteiger partial charge in [0.15, 0.2) is 0 Å². The molecule has 5 heteroatoms.